The van der Waals surface area contributed by atoms with Crippen LogP contribution in [-0.4, -0.2) is 86.5 Å². The summed E-state index contributed by atoms with van der Waals surface area (Å²) in [5.74, 6) is -5.23. The quantitative estimate of drug-likeness (QED) is 0.333. The molecule has 0 radical (unpaired) electrons. The molecule has 5 unspecified atom stereocenters. The molecule has 2 heterocycles. The van der Waals surface area contributed by atoms with Gasteiger partial charge in [-0.1, -0.05) is 29.7 Å². The van der Waals surface area contributed by atoms with Crippen molar-refractivity contribution in [3.63, 3.8) is 0 Å². The van der Waals surface area contributed by atoms with Crippen molar-refractivity contribution in [3.8, 4) is 17.3 Å². The number of carbonyl (C=O) groups excluding carboxylic acids is 1. The van der Waals surface area contributed by atoms with Gasteiger partial charge in [0.2, 0.25) is 0 Å². The van der Waals surface area contributed by atoms with Gasteiger partial charge in [-0.05, 0) is 43.2 Å². The van der Waals surface area contributed by atoms with Gasteiger partial charge in [-0.15, -0.1) is 5.10 Å². The third-order valence-electron chi connectivity index (χ3n) is 8.03. The predicted octanol–water partition coefficient (Wildman–Crippen LogP) is 2.90. The number of hydrogen-bond donors (Lipinski definition) is 3. The van der Waals surface area contributed by atoms with Gasteiger partial charge in [-0.3, -0.25) is 4.79 Å². The Morgan fingerprint density at radius 3 is 2.52 bits per heavy atom. The van der Waals surface area contributed by atoms with E-state index >= 15 is 0 Å². The number of aromatic nitrogens is 3. The van der Waals surface area contributed by atoms with Gasteiger partial charge in [0.25, 0.3) is 5.91 Å². The van der Waals surface area contributed by atoms with Crippen LogP contribution in [0.15, 0.2) is 36.5 Å². The van der Waals surface area contributed by atoms with Crippen molar-refractivity contribution in [2.75, 3.05) is 18.6 Å². The summed E-state index contributed by atoms with van der Waals surface area (Å²) in [7, 11) is 1.27. The van der Waals surface area contributed by atoms with Crippen LogP contribution >= 0.6 is 11.6 Å². The molecule has 1 aromatic heterocycles. The Balaban J connectivity index is 1.56. The van der Waals surface area contributed by atoms with Gasteiger partial charge in [0.05, 0.1) is 36.6 Å². The number of carbonyl (C=O) groups is 1. The second-order valence-corrected chi connectivity index (χ2v) is 11.2. The van der Waals surface area contributed by atoms with Gasteiger partial charge in [0.15, 0.2) is 23.6 Å². The molecule has 11 nitrogen and oxygen atoms in total. The number of benzene rings is 2. The minimum Gasteiger partial charge on any atom is -0.394 e. The molecule has 1 aliphatic carbocycles. The monoisotopic (exact) mass is 635 g/mol. The number of ether oxygens (including phenoxy) is 2. The Bertz CT molecular complexity index is 1550. The highest BCUT2D eigenvalue weighted by Crippen LogP contribution is 2.37. The summed E-state index contributed by atoms with van der Waals surface area (Å²) < 4.78 is 54.1. The fourth-order valence-electron chi connectivity index (χ4n) is 5.91. The van der Waals surface area contributed by atoms with Gasteiger partial charge in [0, 0.05) is 23.4 Å². The Labute approximate surface area is 255 Å². The summed E-state index contributed by atoms with van der Waals surface area (Å²) in [5, 5.41) is 49.9. The van der Waals surface area contributed by atoms with Crippen molar-refractivity contribution in [1.29, 1.82) is 5.26 Å². The van der Waals surface area contributed by atoms with E-state index in [0.29, 0.717) is 19.3 Å². The van der Waals surface area contributed by atoms with E-state index in [1.165, 1.54) is 36.4 Å². The Morgan fingerprint density at radius 1 is 1.18 bits per heavy atom. The molecule has 15 heteroatoms. The van der Waals surface area contributed by atoms with E-state index in [2.05, 4.69) is 10.3 Å². The van der Waals surface area contributed by atoms with E-state index in [1.807, 2.05) is 6.07 Å². The maximum absolute atomic E-state index is 14.5. The minimum absolute atomic E-state index is 0.0744. The zero-order valence-corrected chi connectivity index (χ0v) is 24.1. The summed E-state index contributed by atoms with van der Waals surface area (Å²) in [5.41, 5.74) is 0.194. The Morgan fingerprint density at radius 2 is 1.89 bits per heavy atom. The highest BCUT2D eigenvalue weighted by molar-refractivity contribution is 6.31. The molecule has 1 saturated heterocycles. The first kappa shape index (κ1) is 31.8. The number of halogens is 4. The lowest BCUT2D eigenvalue weighted by Gasteiger charge is -2.46. The van der Waals surface area contributed by atoms with Crippen LogP contribution in [0, 0.1) is 28.8 Å². The molecule has 1 amide bonds. The van der Waals surface area contributed by atoms with E-state index in [4.69, 9.17) is 21.1 Å². The number of nitriles is 1. The molecule has 0 spiro atoms. The second kappa shape index (κ2) is 13.2. The van der Waals surface area contributed by atoms with Crippen LogP contribution in [0.5, 0.6) is 0 Å². The van der Waals surface area contributed by atoms with Crippen LogP contribution < -0.4 is 4.90 Å². The van der Waals surface area contributed by atoms with Gasteiger partial charge >= 0.3 is 0 Å². The smallest absolute Gasteiger partial charge is 0.259 e. The fraction of sp³-hybridized carbons (Fsp3) is 0.448. The average Bonchev–Trinajstić information content (AvgIpc) is 3.50. The molecule has 44 heavy (non-hydrogen) atoms. The Hall–Kier alpha value is -3.58. The van der Waals surface area contributed by atoms with Crippen LogP contribution in [0.1, 0.15) is 37.3 Å². The number of rotatable bonds is 7. The molecule has 234 valence electrons. The molecule has 2 aliphatic rings. The van der Waals surface area contributed by atoms with E-state index in [9.17, 15) is 38.5 Å². The van der Waals surface area contributed by atoms with Crippen molar-refractivity contribution < 1.29 is 42.8 Å². The number of methoxy groups -OCH3 is 1. The highest BCUT2D eigenvalue weighted by Gasteiger charge is 2.52. The zero-order chi connectivity index (χ0) is 31.7. The summed E-state index contributed by atoms with van der Waals surface area (Å²) in [6.07, 6.45) is -2.95. The molecular weight excluding hydrogens is 607 g/mol. The first-order valence-electron chi connectivity index (χ1n) is 13.8. The molecule has 3 N–H and O–H groups in total. The van der Waals surface area contributed by atoms with E-state index < -0.39 is 72.6 Å². The summed E-state index contributed by atoms with van der Waals surface area (Å²) in [4.78, 5) is 15.8. The van der Waals surface area contributed by atoms with Crippen molar-refractivity contribution in [2.24, 2.45) is 0 Å². The van der Waals surface area contributed by atoms with Crippen LogP contribution in [0.4, 0.5) is 18.9 Å². The molecule has 0 bridgehead atoms. The van der Waals surface area contributed by atoms with E-state index in [-0.39, 0.29) is 27.5 Å². The lowest BCUT2D eigenvalue weighted by Crippen LogP contribution is -2.63. The van der Waals surface area contributed by atoms with E-state index in [1.54, 1.807) is 0 Å². The standard InChI is InChI=1S/C29H29ClF3N5O6/c1-43-27-25(37-12-20(35-36-37)15-8-18(31)24(33)19(32)9-15)26(41)23(13-39)44-28(27)29(42)38(21-4-2-3-5-22(21)40)17-7-14(11-34)6-16(30)10-17/h6-10,12,21-23,25-28,39-41H,2-5,13H2,1H3/t21-,22-,23?,25?,26?,27?,28?/m0/s1. The SMILES string of the molecule is COC1C(C(=O)N(c2cc(Cl)cc(C#N)c2)[C@H]2CCCC[C@@H]2O)OC(CO)C(O)C1n1cc(-c2cc(F)c(F)c(F)c2)nn1. The van der Waals surface area contributed by atoms with Crippen LogP contribution in [-0.2, 0) is 14.3 Å². The highest BCUT2D eigenvalue weighted by atomic mass is 35.5. The molecule has 1 aliphatic heterocycles. The van der Waals surface area contributed by atoms with Crippen molar-refractivity contribution in [2.45, 2.75) is 68.3 Å². The summed E-state index contributed by atoms with van der Waals surface area (Å²) in [6, 6.07) is 5.89. The van der Waals surface area contributed by atoms with Crippen molar-refractivity contribution >= 4 is 23.2 Å². The Kier molecular flexibility index (Phi) is 9.54. The number of aliphatic hydroxyl groups excluding tert-OH is 3. The largest absolute Gasteiger partial charge is 0.394 e. The lowest BCUT2D eigenvalue weighted by molar-refractivity contribution is -0.211. The predicted molar refractivity (Wildman–Crippen MR) is 149 cm³/mol. The van der Waals surface area contributed by atoms with Crippen LogP contribution in [0.25, 0.3) is 11.3 Å². The summed E-state index contributed by atoms with van der Waals surface area (Å²) >= 11 is 6.28. The maximum atomic E-state index is 14.5. The first-order chi connectivity index (χ1) is 21.1. The van der Waals surface area contributed by atoms with Gasteiger partial charge < -0.3 is 29.7 Å². The first-order valence-corrected chi connectivity index (χ1v) is 14.2. The van der Waals surface area contributed by atoms with Crippen molar-refractivity contribution in [3.05, 3.63) is 64.6 Å². The maximum Gasteiger partial charge on any atom is 0.259 e. The fourth-order valence-corrected chi connectivity index (χ4v) is 6.14. The number of nitrogens with zero attached hydrogens (tertiary/aromatic N) is 5. The third kappa shape index (κ3) is 6.03. The minimum atomic E-state index is -1.65. The second-order valence-electron chi connectivity index (χ2n) is 10.7. The van der Waals surface area contributed by atoms with Gasteiger partial charge in [-0.25, -0.2) is 17.9 Å². The number of anilines is 1. The molecular formula is C29H29ClF3N5O6. The number of hydrogen-bond acceptors (Lipinski definition) is 9. The summed E-state index contributed by atoms with van der Waals surface area (Å²) in [6.45, 7) is -0.713. The van der Waals surface area contributed by atoms with Gasteiger partial charge in [0.1, 0.15) is 30.0 Å². The normalized spacial score (nSPS) is 27.1. The molecule has 1 saturated carbocycles. The number of amides is 1. The molecule has 3 aromatic rings. The molecule has 2 aromatic carbocycles. The van der Waals surface area contributed by atoms with Crippen LogP contribution in [0.2, 0.25) is 5.02 Å². The van der Waals surface area contributed by atoms with Crippen molar-refractivity contribution in [1.82, 2.24) is 15.0 Å². The third-order valence-corrected chi connectivity index (χ3v) is 8.25. The number of aliphatic hydroxyl groups is 3. The molecule has 7 atom stereocenters. The van der Waals surface area contributed by atoms with Crippen LogP contribution in [0.3, 0.4) is 0 Å². The average molecular weight is 636 g/mol. The topological polar surface area (TPSA) is 154 Å². The van der Waals surface area contributed by atoms with Gasteiger partial charge in [-0.2, -0.15) is 5.26 Å². The lowest BCUT2D eigenvalue weighted by atomic mass is 9.88. The van der Waals surface area contributed by atoms with E-state index in [0.717, 1.165) is 23.2 Å². The molecule has 5 rings (SSSR count). The molecule has 2 fully saturated rings. The zero-order valence-electron chi connectivity index (χ0n) is 23.4.